The van der Waals surface area contributed by atoms with Crippen LogP contribution in [0.2, 0.25) is 0 Å². The minimum absolute atomic E-state index is 1.23. The van der Waals surface area contributed by atoms with E-state index in [9.17, 15) is 0 Å². The van der Waals surface area contributed by atoms with E-state index in [4.69, 9.17) is 0 Å². The van der Waals surface area contributed by atoms with Gasteiger partial charge in [0.05, 0.1) is 5.39 Å². The second-order valence-corrected chi connectivity index (χ2v) is 6.54. The van der Waals surface area contributed by atoms with E-state index in [1.165, 1.54) is 26.0 Å². The van der Waals surface area contributed by atoms with Gasteiger partial charge in [-0.3, -0.25) is 0 Å². The standard InChI is InChI=1S/C17H12NS2/c1-2-14(19-10-1)4-3-13-5-8-18-9-6-17-15(7-11-20-17)16(18)12-13/h1-12H/q+1/b4-3+. The Hall–Kier alpha value is -1.97. The average molecular weight is 294 g/mol. The van der Waals surface area contributed by atoms with Crippen molar-refractivity contribution in [3.8, 4) is 0 Å². The fourth-order valence-corrected chi connectivity index (χ4v) is 3.76. The molecule has 0 unspecified atom stereocenters. The first-order valence-electron chi connectivity index (χ1n) is 6.43. The topological polar surface area (TPSA) is 4.10 Å². The minimum atomic E-state index is 1.23. The molecule has 4 rings (SSSR count). The van der Waals surface area contributed by atoms with E-state index in [0.29, 0.717) is 0 Å². The monoisotopic (exact) mass is 294 g/mol. The molecule has 0 aliphatic rings. The highest BCUT2D eigenvalue weighted by molar-refractivity contribution is 7.17. The van der Waals surface area contributed by atoms with Gasteiger partial charge in [-0.1, -0.05) is 12.1 Å². The van der Waals surface area contributed by atoms with Crippen LogP contribution in [0.3, 0.4) is 0 Å². The van der Waals surface area contributed by atoms with Crippen molar-refractivity contribution in [3.63, 3.8) is 0 Å². The fourth-order valence-electron chi connectivity index (χ4n) is 2.35. The number of hydrogen-bond acceptors (Lipinski definition) is 2. The molecule has 96 valence electrons. The van der Waals surface area contributed by atoms with Crippen LogP contribution in [0.25, 0.3) is 27.8 Å². The van der Waals surface area contributed by atoms with Crippen LogP contribution in [0.1, 0.15) is 10.4 Å². The summed E-state index contributed by atoms with van der Waals surface area (Å²) in [4.78, 5) is 1.28. The van der Waals surface area contributed by atoms with E-state index in [1.54, 1.807) is 22.7 Å². The van der Waals surface area contributed by atoms with Crippen LogP contribution in [0, 0.1) is 0 Å². The van der Waals surface area contributed by atoms with E-state index in [0.717, 1.165) is 0 Å². The summed E-state index contributed by atoms with van der Waals surface area (Å²) in [5.74, 6) is 0. The number of pyridine rings is 2. The lowest BCUT2D eigenvalue weighted by molar-refractivity contribution is -0.510. The highest BCUT2D eigenvalue weighted by Crippen LogP contribution is 2.23. The Morgan fingerprint density at radius 3 is 2.75 bits per heavy atom. The van der Waals surface area contributed by atoms with Crippen molar-refractivity contribution < 1.29 is 4.40 Å². The average Bonchev–Trinajstić information content (AvgIpc) is 3.16. The van der Waals surface area contributed by atoms with Crippen LogP contribution in [0.4, 0.5) is 0 Å². The number of aromatic nitrogens is 1. The predicted octanol–water partition coefficient (Wildman–Crippen LogP) is 4.87. The lowest BCUT2D eigenvalue weighted by atomic mass is 10.2. The summed E-state index contributed by atoms with van der Waals surface area (Å²) in [6, 6.07) is 13.0. The van der Waals surface area contributed by atoms with Gasteiger partial charge in [0, 0.05) is 27.8 Å². The van der Waals surface area contributed by atoms with E-state index in [2.05, 4.69) is 76.1 Å². The Morgan fingerprint density at radius 2 is 1.85 bits per heavy atom. The maximum absolute atomic E-state index is 2.25. The van der Waals surface area contributed by atoms with Crippen LogP contribution in [0.5, 0.6) is 0 Å². The van der Waals surface area contributed by atoms with Gasteiger partial charge < -0.3 is 0 Å². The molecule has 3 heteroatoms. The van der Waals surface area contributed by atoms with Crippen molar-refractivity contribution in [1.82, 2.24) is 0 Å². The van der Waals surface area contributed by atoms with Gasteiger partial charge in [-0.15, -0.1) is 22.7 Å². The summed E-state index contributed by atoms with van der Waals surface area (Å²) < 4.78 is 3.52. The molecule has 0 amide bonds. The molecule has 0 bridgehead atoms. The van der Waals surface area contributed by atoms with Crippen LogP contribution < -0.4 is 4.40 Å². The molecule has 0 saturated heterocycles. The van der Waals surface area contributed by atoms with E-state index >= 15 is 0 Å². The zero-order valence-corrected chi connectivity index (χ0v) is 12.3. The Morgan fingerprint density at radius 1 is 0.900 bits per heavy atom. The van der Waals surface area contributed by atoms with E-state index in [1.807, 2.05) is 0 Å². The highest BCUT2D eigenvalue weighted by Gasteiger charge is 2.08. The maximum atomic E-state index is 2.25. The van der Waals surface area contributed by atoms with Gasteiger partial charge in [-0.05, 0) is 34.5 Å². The number of fused-ring (bicyclic) bond motifs is 3. The molecule has 0 aliphatic carbocycles. The van der Waals surface area contributed by atoms with Crippen molar-refractivity contribution in [2.45, 2.75) is 0 Å². The van der Waals surface area contributed by atoms with Crippen LogP contribution in [-0.2, 0) is 0 Å². The third-order valence-corrected chi connectivity index (χ3v) is 5.07. The van der Waals surface area contributed by atoms with Gasteiger partial charge in [-0.25, -0.2) is 0 Å². The molecule has 0 aromatic carbocycles. The molecule has 20 heavy (non-hydrogen) atoms. The highest BCUT2D eigenvalue weighted by atomic mass is 32.1. The van der Waals surface area contributed by atoms with Gasteiger partial charge in [-0.2, -0.15) is 4.40 Å². The Labute approximate surface area is 125 Å². The summed E-state index contributed by atoms with van der Waals surface area (Å²) in [6.45, 7) is 0. The van der Waals surface area contributed by atoms with Crippen molar-refractivity contribution in [1.29, 1.82) is 0 Å². The maximum Gasteiger partial charge on any atom is 0.219 e. The van der Waals surface area contributed by atoms with Crippen molar-refractivity contribution in [2.75, 3.05) is 0 Å². The summed E-state index contributed by atoms with van der Waals surface area (Å²) in [7, 11) is 0. The van der Waals surface area contributed by atoms with Gasteiger partial charge in [0.15, 0.2) is 12.4 Å². The molecule has 4 aromatic rings. The molecule has 1 nitrogen and oxygen atoms in total. The minimum Gasteiger partial charge on any atom is -0.167 e. The van der Waals surface area contributed by atoms with Gasteiger partial charge in [0.1, 0.15) is 0 Å². The molecule has 0 spiro atoms. The number of hydrogen-bond donors (Lipinski definition) is 0. The Balaban J connectivity index is 1.85. The van der Waals surface area contributed by atoms with Crippen molar-refractivity contribution >= 4 is 50.4 Å². The first kappa shape index (κ1) is 11.8. The zero-order chi connectivity index (χ0) is 13.4. The normalized spacial score (nSPS) is 11.8. The number of nitrogens with zero attached hydrogens (tertiary/aromatic N) is 1. The molecular formula is C17H12NS2+. The lowest BCUT2D eigenvalue weighted by Gasteiger charge is -1.95. The quantitative estimate of drug-likeness (QED) is 0.464. The molecule has 4 heterocycles. The SMILES string of the molecule is C(=C\c1cccs1)/c1cc[n+]2ccc3sccc3c2c1. The first-order valence-corrected chi connectivity index (χ1v) is 8.19. The molecule has 0 aliphatic heterocycles. The van der Waals surface area contributed by atoms with Gasteiger partial charge in [0.2, 0.25) is 5.52 Å². The molecule has 0 N–H and O–H groups in total. The lowest BCUT2D eigenvalue weighted by Crippen LogP contribution is -2.20. The largest absolute Gasteiger partial charge is 0.219 e. The molecule has 0 fully saturated rings. The Kier molecular flexibility index (Phi) is 2.87. The molecule has 0 radical (unpaired) electrons. The van der Waals surface area contributed by atoms with Gasteiger partial charge in [0.25, 0.3) is 0 Å². The molecule has 0 atom stereocenters. The summed E-state index contributed by atoms with van der Waals surface area (Å²) in [6.07, 6.45) is 8.60. The van der Waals surface area contributed by atoms with Crippen LogP contribution in [0.15, 0.2) is 59.6 Å². The summed E-state index contributed by atoms with van der Waals surface area (Å²) in [5, 5.41) is 5.58. The number of rotatable bonds is 2. The van der Waals surface area contributed by atoms with E-state index in [-0.39, 0.29) is 0 Å². The zero-order valence-electron chi connectivity index (χ0n) is 10.7. The Bertz CT molecular complexity index is 901. The number of thiophene rings is 2. The third-order valence-electron chi connectivity index (χ3n) is 3.35. The van der Waals surface area contributed by atoms with Crippen LogP contribution >= 0.6 is 22.7 Å². The second kappa shape index (κ2) is 4.85. The smallest absolute Gasteiger partial charge is 0.167 e. The second-order valence-electron chi connectivity index (χ2n) is 4.62. The third kappa shape index (κ3) is 2.05. The van der Waals surface area contributed by atoms with Crippen molar-refractivity contribution in [3.05, 3.63) is 70.0 Å². The van der Waals surface area contributed by atoms with Crippen molar-refractivity contribution in [2.24, 2.45) is 0 Å². The van der Waals surface area contributed by atoms with Crippen LogP contribution in [-0.4, -0.2) is 0 Å². The molecule has 4 aromatic heterocycles. The molecule has 0 saturated carbocycles. The van der Waals surface area contributed by atoms with E-state index < -0.39 is 0 Å². The molecular weight excluding hydrogens is 282 g/mol. The summed E-state index contributed by atoms with van der Waals surface area (Å²) >= 11 is 3.55. The fraction of sp³-hybridized carbons (Fsp3) is 0. The first-order chi connectivity index (χ1) is 9.90. The predicted molar refractivity (Wildman–Crippen MR) is 88.2 cm³/mol. The van der Waals surface area contributed by atoms with Gasteiger partial charge >= 0.3 is 0 Å². The summed E-state index contributed by atoms with van der Waals surface area (Å²) in [5.41, 5.74) is 2.49.